The van der Waals surface area contributed by atoms with Crippen molar-refractivity contribution in [3.05, 3.63) is 27.7 Å². The third kappa shape index (κ3) is 3.55. The first-order valence-electron chi connectivity index (χ1n) is 9.93. The molecule has 0 N–H and O–H groups in total. The first-order valence-corrected chi connectivity index (χ1v) is 9.93. The fourth-order valence-electron chi connectivity index (χ4n) is 4.44. The number of amides is 1. The summed E-state index contributed by atoms with van der Waals surface area (Å²) in [7, 11) is 1.89. The monoisotopic (exact) mass is 359 g/mol. The number of carbonyl (C=O) groups excluding carboxylic acids is 1. The molecule has 7 heteroatoms. The van der Waals surface area contributed by atoms with Crippen molar-refractivity contribution in [2.24, 2.45) is 0 Å². The van der Waals surface area contributed by atoms with Gasteiger partial charge in [-0.25, -0.2) is 4.68 Å². The standard InChI is InChI=1S/C19H29N5O2/c1-21-7-6-17(19(21)26)23-11-8-22(9-12-23)10-13-24-18(25)14-15-4-2-3-5-16(15)20-24/h14,17H,2-13H2,1H3. The first kappa shape index (κ1) is 17.7. The van der Waals surface area contributed by atoms with Gasteiger partial charge in [-0.15, -0.1) is 0 Å². The maximum Gasteiger partial charge on any atom is 0.267 e. The van der Waals surface area contributed by atoms with Gasteiger partial charge in [-0.2, -0.15) is 5.10 Å². The van der Waals surface area contributed by atoms with Crippen molar-refractivity contribution in [2.45, 2.75) is 44.7 Å². The first-order chi connectivity index (χ1) is 12.6. The van der Waals surface area contributed by atoms with Crippen LogP contribution in [0.5, 0.6) is 0 Å². The van der Waals surface area contributed by atoms with Gasteiger partial charge in [-0.05, 0) is 37.7 Å². The average molecular weight is 359 g/mol. The number of aryl methyl sites for hydroxylation is 2. The molecule has 0 spiro atoms. The highest BCUT2D eigenvalue weighted by atomic mass is 16.2. The number of hydrogen-bond donors (Lipinski definition) is 0. The molecule has 4 rings (SSSR count). The second-order valence-electron chi connectivity index (χ2n) is 7.83. The van der Waals surface area contributed by atoms with Crippen molar-refractivity contribution in [1.29, 1.82) is 0 Å². The number of hydrogen-bond acceptors (Lipinski definition) is 5. The van der Waals surface area contributed by atoms with E-state index in [0.29, 0.717) is 6.54 Å². The molecule has 0 aromatic carbocycles. The number of nitrogens with zero attached hydrogens (tertiary/aromatic N) is 5. The second kappa shape index (κ2) is 7.48. The summed E-state index contributed by atoms with van der Waals surface area (Å²) in [5, 5.41) is 4.61. The predicted molar refractivity (Wildman–Crippen MR) is 99.2 cm³/mol. The molecular weight excluding hydrogens is 330 g/mol. The van der Waals surface area contributed by atoms with Gasteiger partial charge in [0.2, 0.25) is 5.91 Å². The summed E-state index contributed by atoms with van der Waals surface area (Å²) in [5.41, 5.74) is 2.30. The lowest BCUT2D eigenvalue weighted by Crippen LogP contribution is -2.52. The maximum atomic E-state index is 12.3. The van der Waals surface area contributed by atoms with Crippen LogP contribution in [-0.4, -0.2) is 82.7 Å². The summed E-state index contributed by atoms with van der Waals surface area (Å²) >= 11 is 0. The molecule has 0 radical (unpaired) electrons. The summed E-state index contributed by atoms with van der Waals surface area (Å²) in [5.74, 6) is 0.267. The molecule has 142 valence electrons. The Morgan fingerprint density at radius 3 is 2.54 bits per heavy atom. The molecule has 1 amide bonds. The largest absolute Gasteiger partial charge is 0.344 e. The molecule has 0 saturated carbocycles. The minimum atomic E-state index is 0.0314. The summed E-state index contributed by atoms with van der Waals surface area (Å²) in [6.07, 6.45) is 5.29. The number of fused-ring (bicyclic) bond motifs is 1. The summed E-state index contributed by atoms with van der Waals surface area (Å²) < 4.78 is 1.64. The van der Waals surface area contributed by atoms with Gasteiger partial charge >= 0.3 is 0 Å². The van der Waals surface area contributed by atoms with Crippen LogP contribution in [0.2, 0.25) is 0 Å². The lowest BCUT2D eigenvalue weighted by molar-refractivity contribution is -0.131. The van der Waals surface area contributed by atoms with Crippen molar-refractivity contribution in [1.82, 2.24) is 24.5 Å². The number of likely N-dealkylation sites (N-methyl/N-ethyl adjacent to an activating group) is 1. The number of piperazine rings is 1. The molecule has 1 atom stereocenters. The molecule has 1 aromatic rings. The lowest BCUT2D eigenvalue weighted by atomic mass is 9.97. The van der Waals surface area contributed by atoms with E-state index in [4.69, 9.17) is 0 Å². The summed E-state index contributed by atoms with van der Waals surface area (Å²) in [6.45, 7) is 6.12. The number of rotatable bonds is 4. The molecule has 2 saturated heterocycles. The van der Waals surface area contributed by atoms with Gasteiger partial charge in [0, 0.05) is 52.4 Å². The highest BCUT2D eigenvalue weighted by Crippen LogP contribution is 2.18. The minimum Gasteiger partial charge on any atom is -0.344 e. The van der Waals surface area contributed by atoms with Gasteiger partial charge in [0.1, 0.15) is 0 Å². The molecule has 1 aromatic heterocycles. The Morgan fingerprint density at radius 2 is 1.81 bits per heavy atom. The highest BCUT2D eigenvalue weighted by molar-refractivity contribution is 5.83. The number of likely N-dealkylation sites (tertiary alicyclic amines) is 1. The Hall–Kier alpha value is -1.73. The van der Waals surface area contributed by atoms with Crippen molar-refractivity contribution < 1.29 is 4.79 Å². The maximum absolute atomic E-state index is 12.3. The quantitative estimate of drug-likeness (QED) is 0.756. The van der Waals surface area contributed by atoms with E-state index in [1.165, 1.54) is 12.8 Å². The second-order valence-corrected chi connectivity index (χ2v) is 7.83. The van der Waals surface area contributed by atoms with E-state index < -0.39 is 0 Å². The highest BCUT2D eigenvalue weighted by Gasteiger charge is 2.35. The molecular formula is C19H29N5O2. The van der Waals surface area contributed by atoms with Crippen molar-refractivity contribution >= 4 is 5.91 Å². The molecule has 1 aliphatic carbocycles. The van der Waals surface area contributed by atoms with Crippen LogP contribution in [0, 0.1) is 0 Å². The Morgan fingerprint density at radius 1 is 1.04 bits per heavy atom. The van der Waals surface area contributed by atoms with Crippen LogP contribution in [-0.2, 0) is 24.2 Å². The molecule has 0 bridgehead atoms. The number of carbonyl (C=O) groups is 1. The Balaban J connectivity index is 1.30. The van der Waals surface area contributed by atoms with Gasteiger partial charge in [0.05, 0.1) is 18.3 Å². The van der Waals surface area contributed by atoms with Gasteiger partial charge in [-0.1, -0.05) is 0 Å². The van der Waals surface area contributed by atoms with Crippen LogP contribution in [0.4, 0.5) is 0 Å². The molecule has 2 fully saturated rings. The van der Waals surface area contributed by atoms with Crippen molar-refractivity contribution in [3.63, 3.8) is 0 Å². The van der Waals surface area contributed by atoms with Gasteiger partial charge in [-0.3, -0.25) is 19.4 Å². The Labute approximate surface area is 154 Å². The van der Waals surface area contributed by atoms with Crippen LogP contribution in [0.25, 0.3) is 0 Å². The number of aromatic nitrogens is 2. The zero-order valence-corrected chi connectivity index (χ0v) is 15.7. The van der Waals surface area contributed by atoms with E-state index in [9.17, 15) is 9.59 Å². The molecule has 3 heterocycles. The third-order valence-electron chi connectivity index (χ3n) is 6.15. The van der Waals surface area contributed by atoms with Crippen LogP contribution >= 0.6 is 0 Å². The van der Waals surface area contributed by atoms with Crippen LogP contribution < -0.4 is 5.56 Å². The van der Waals surface area contributed by atoms with Gasteiger partial charge < -0.3 is 4.90 Å². The molecule has 2 aliphatic heterocycles. The van der Waals surface area contributed by atoms with Crippen molar-refractivity contribution in [2.75, 3.05) is 46.3 Å². The normalized spacial score (nSPS) is 24.9. The zero-order chi connectivity index (χ0) is 18.1. The lowest BCUT2D eigenvalue weighted by Gasteiger charge is -2.37. The van der Waals surface area contributed by atoms with Gasteiger partial charge in [0.25, 0.3) is 5.56 Å². The molecule has 1 unspecified atom stereocenters. The fraction of sp³-hybridized carbons (Fsp3) is 0.737. The van der Waals surface area contributed by atoms with E-state index in [2.05, 4.69) is 14.9 Å². The smallest absolute Gasteiger partial charge is 0.267 e. The fourth-order valence-corrected chi connectivity index (χ4v) is 4.44. The predicted octanol–water partition coefficient (Wildman–Crippen LogP) is -0.0296. The van der Waals surface area contributed by atoms with E-state index in [-0.39, 0.29) is 17.5 Å². The van der Waals surface area contributed by atoms with Crippen molar-refractivity contribution in [3.8, 4) is 0 Å². The topological polar surface area (TPSA) is 61.7 Å². The van der Waals surface area contributed by atoms with Crippen LogP contribution in [0.3, 0.4) is 0 Å². The molecule has 3 aliphatic rings. The average Bonchev–Trinajstić information content (AvgIpc) is 2.99. The Bertz CT molecular complexity index is 723. The SMILES string of the molecule is CN1CCC(N2CCN(CCn3nc4c(cc3=O)CCCC4)CC2)C1=O. The van der Waals surface area contributed by atoms with E-state index in [1.807, 2.05) is 11.9 Å². The summed E-state index contributed by atoms with van der Waals surface area (Å²) in [4.78, 5) is 31.0. The zero-order valence-electron chi connectivity index (χ0n) is 15.7. The third-order valence-corrected chi connectivity index (χ3v) is 6.15. The Kier molecular flexibility index (Phi) is 5.09. The summed E-state index contributed by atoms with van der Waals surface area (Å²) in [6, 6.07) is 1.87. The van der Waals surface area contributed by atoms with Crippen LogP contribution in [0.1, 0.15) is 30.5 Å². The van der Waals surface area contributed by atoms with Crippen LogP contribution in [0.15, 0.2) is 10.9 Å². The van der Waals surface area contributed by atoms with E-state index in [1.54, 1.807) is 10.7 Å². The van der Waals surface area contributed by atoms with Gasteiger partial charge in [0.15, 0.2) is 0 Å². The minimum absolute atomic E-state index is 0.0314. The van der Waals surface area contributed by atoms with E-state index >= 15 is 0 Å². The molecule has 26 heavy (non-hydrogen) atoms. The molecule has 7 nitrogen and oxygen atoms in total. The van der Waals surface area contributed by atoms with E-state index in [0.717, 1.165) is 69.8 Å².